The number of carbonyl (C=O) groups excluding carboxylic acids is 1. The Hall–Kier alpha value is -3.73. The van der Waals surface area contributed by atoms with Gasteiger partial charge in [-0.05, 0) is 69.4 Å². The number of sulfonamides is 1. The van der Waals surface area contributed by atoms with Crippen LogP contribution in [0, 0.1) is 5.92 Å². The van der Waals surface area contributed by atoms with Crippen LogP contribution in [0.25, 0.3) is 11.3 Å². The molecule has 3 aromatic heterocycles. The van der Waals surface area contributed by atoms with Gasteiger partial charge in [0.25, 0.3) is 15.9 Å². The van der Waals surface area contributed by atoms with Gasteiger partial charge in [-0.15, -0.1) is 0 Å². The highest BCUT2D eigenvalue weighted by Crippen LogP contribution is 2.41. The number of anilines is 2. The van der Waals surface area contributed by atoms with Crippen molar-refractivity contribution >= 4 is 27.6 Å². The van der Waals surface area contributed by atoms with Gasteiger partial charge in [0.2, 0.25) is 5.88 Å². The molecule has 4 heterocycles. The Bertz CT molecular complexity index is 1410. The maximum Gasteiger partial charge on any atom is 0.281 e. The predicted molar refractivity (Wildman–Crippen MR) is 141 cm³/mol. The lowest BCUT2D eigenvalue weighted by molar-refractivity contribution is 0.0981. The minimum atomic E-state index is -4.22. The van der Waals surface area contributed by atoms with Gasteiger partial charge in [-0.25, -0.2) is 19.7 Å². The van der Waals surface area contributed by atoms with Crippen LogP contribution in [-0.2, 0) is 10.0 Å². The maximum atomic E-state index is 13.3. The zero-order chi connectivity index (χ0) is 25.4. The molecule has 5 rings (SSSR count). The van der Waals surface area contributed by atoms with Crippen LogP contribution in [0.15, 0.2) is 53.7 Å². The molecule has 1 aliphatic carbocycles. The second-order valence-corrected chi connectivity index (χ2v) is 11.1. The third kappa shape index (κ3) is 4.83. The van der Waals surface area contributed by atoms with Crippen LogP contribution in [0.5, 0.6) is 5.88 Å². The van der Waals surface area contributed by atoms with E-state index in [9.17, 15) is 13.2 Å². The molecule has 11 heteroatoms. The summed E-state index contributed by atoms with van der Waals surface area (Å²) in [7, 11) is -4.22. The molecule has 36 heavy (non-hydrogen) atoms. The van der Waals surface area contributed by atoms with Crippen molar-refractivity contribution < 1.29 is 22.2 Å². The number of nitrogens with one attached hydrogen (secondary N) is 1. The summed E-state index contributed by atoms with van der Waals surface area (Å²) in [6.45, 7) is 4.64. The zero-order valence-electron chi connectivity index (χ0n) is 20.1. The molecule has 194 valence electrons. The number of rotatable bonds is 7. The predicted octanol–water partition coefficient (Wildman–Crippen LogP) is 3.75. The number of aromatic nitrogens is 3. The molecule has 1 amide bonds. The molecular weight excluding hydrogens is 480 g/mol. The number of ether oxygens (including phenoxy) is 1. The number of nitrogens with zero attached hydrogens (tertiary/aromatic N) is 4. The summed E-state index contributed by atoms with van der Waals surface area (Å²) in [5.74, 6) is 0.807. The van der Waals surface area contributed by atoms with Gasteiger partial charge in [-0.2, -0.15) is 8.42 Å². The molecule has 10 nitrogen and oxygen atoms in total. The quantitative estimate of drug-likeness (QED) is 0.482. The van der Waals surface area contributed by atoms with Crippen molar-refractivity contribution in [3.63, 3.8) is 0 Å². The van der Waals surface area contributed by atoms with Gasteiger partial charge < -0.3 is 15.4 Å². The van der Waals surface area contributed by atoms with Gasteiger partial charge in [0.15, 0.2) is 5.03 Å². The lowest BCUT2D eigenvalue weighted by atomic mass is 10.1. The van der Waals surface area contributed by atoms with Crippen LogP contribution in [-0.4, -0.2) is 48.0 Å². The monoisotopic (exact) mass is 514 g/mol. The minimum absolute atomic E-state index is 0. The van der Waals surface area contributed by atoms with Crippen molar-refractivity contribution in [2.75, 3.05) is 17.2 Å². The number of fused-ring (bicyclic) bond motifs is 2. The smallest absolute Gasteiger partial charge is 0.281 e. The standard InChI is InChI=1S/C25H28N6O4S.3H2/c1-15(2)35-22-11-7-17(13-27-22)20-10-9-19(24(28-20)31-14-16-6-8-18(31)12-16)25(32)30-36(33,34)23-5-3-4-21(26)29-23;;;/h3-5,7,9-11,13,15-16,18H,6,8,12,14H2,1-2H3,(H2,26,29)(H,30,32);3*1H/t16-,18-;;;/m0.../s1. The number of hydrogen-bond acceptors (Lipinski definition) is 9. The molecule has 2 bridgehead atoms. The molecular formula is C25H34N6O4S. The van der Waals surface area contributed by atoms with Crippen molar-refractivity contribution in [2.24, 2.45) is 5.92 Å². The Morgan fingerprint density at radius 1 is 1.17 bits per heavy atom. The van der Waals surface area contributed by atoms with Gasteiger partial charge >= 0.3 is 0 Å². The fourth-order valence-electron chi connectivity index (χ4n) is 4.84. The third-order valence-electron chi connectivity index (χ3n) is 6.44. The summed E-state index contributed by atoms with van der Waals surface area (Å²) in [5, 5.41) is -0.322. The van der Waals surface area contributed by atoms with Gasteiger partial charge in [0, 0.05) is 34.7 Å². The van der Waals surface area contributed by atoms with E-state index in [0.29, 0.717) is 23.3 Å². The summed E-state index contributed by atoms with van der Waals surface area (Å²) in [4.78, 5) is 28.4. The summed E-state index contributed by atoms with van der Waals surface area (Å²) in [5.41, 5.74) is 7.21. The van der Waals surface area contributed by atoms with Crippen LogP contribution >= 0.6 is 0 Å². The average molecular weight is 515 g/mol. The number of nitrogens with two attached hydrogens (primary N) is 1. The maximum absolute atomic E-state index is 13.3. The van der Waals surface area contributed by atoms with Gasteiger partial charge in [-0.1, -0.05) is 6.07 Å². The Morgan fingerprint density at radius 2 is 2.00 bits per heavy atom. The average Bonchev–Trinajstić information content (AvgIpc) is 3.47. The summed E-state index contributed by atoms with van der Waals surface area (Å²) in [6.07, 6.45) is 4.90. The highest BCUT2D eigenvalue weighted by Gasteiger charge is 2.40. The molecule has 1 saturated carbocycles. The van der Waals surface area contributed by atoms with Crippen LogP contribution in [0.1, 0.15) is 47.7 Å². The molecule has 2 atom stereocenters. The van der Waals surface area contributed by atoms with E-state index in [1.165, 1.54) is 18.2 Å². The minimum Gasteiger partial charge on any atom is -0.475 e. The second-order valence-electron chi connectivity index (χ2n) is 9.44. The number of pyridine rings is 3. The van der Waals surface area contributed by atoms with E-state index in [4.69, 9.17) is 15.5 Å². The molecule has 3 N–H and O–H groups in total. The molecule has 2 fully saturated rings. The Kier molecular flexibility index (Phi) is 6.25. The highest BCUT2D eigenvalue weighted by molar-refractivity contribution is 7.90. The number of nitrogen functional groups attached to an aromatic ring is 1. The summed E-state index contributed by atoms with van der Waals surface area (Å²) in [6, 6.07) is 11.4. The van der Waals surface area contributed by atoms with E-state index >= 15 is 0 Å². The van der Waals surface area contributed by atoms with Crippen LogP contribution in [0.2, 0.25) is 0 Å². The lowest BCUT2D eigenvalue weighted by Crippen LogP contribution is -2.37. The van der Waals surface area contributed by atoms with E-state index in [0.717, 1.165) is 31.4 Å². The summed E-state index contributed by atoms with van der Waals surface area (Å²) >= 11 is 0. The first-order valence-corrected chi connectivity index (χ1v) is 13.4. The fourth-order valence-corrected chi connectivity index (χ4v) is 5.78. The van der Waals surface area contributed by atoms with E-state index in [1.54, 1.807) is 24.4 Å². The number of carbonyl (C=O) groups is 1. The van der Waals surface area contributed by atoms with Gasteiger partial charge in [-0.3, -0.25) is 4.79 Å². The normalized spacial score (nSPS) is 19.0. The molecule has 0 aromatic carbocycles. The van der Waals surface area contributed by atoms with Crippen molar-refractivity contribution in [3.8, 4) is 17.1 Å². The van der Waals surface area contributed by atoms with Crippen LogP contribution < -0.4 is 20.1 Å². The van der Waals surface area contributed by atoms with Gasteiger partial charge in [0.05, 0.1) is 17.4 Å². The first-order chi connectivity index (χ1) is 17.2. The molecule has 3 aromatic rings. The summed E-state index contributed by atoms with van der Waals surface area (Å²) < 4.78 is 33.4. The van der Waals surface area contributed by atoms with E-state index in [1.807, 2.05) is 19.9 Å². The first kappa shape index (κ1) is 24.0. The van der Waals surface area contributed by atoms with Gasteiger partial charge in [0.1, 0.15) is 11.6 Å². The van der Waals surface area contributed by atoms with E-state index in [2.05, 4.69) is 19.6 Å². The van der Waals surface area contributed by atoms with E-state index in [-0.39, 0.29) is 32.8 Å². The first-order valence-electron chi connectivity index (χ1n) is 11.9. The second kappa shape index (κ2) is 9.38. The molecule has 1 saturated heterocycles. The Balaban J connectivity index is 0.00000178. The van der Waals surface area contributed by atoms with Crippen molar-refractivity contribution in [2.45, 2.75) is 50.3 Å². The van der Waals surface area contributed by atoms with E-state index < -0.39 is 15.9 Å². The Morgan fingerprint density at radius 3 is 2.64 bits per heavy atom. The fraction of sp³-hybridized carbons (Fsp3) is 0.360. The molecule has 0 radical (unpaired) electrons. The van der Waals surface area contributed by atoms with Crippen molar-refractivity contribution in [1.29, 1.82) is 0 Å². The number of amides is 1. The molecule has 1 aliphatic heterocycles. The van der Waals surface area contributed by atoms with Crippen molar-refractivity contribution in [1.82, 2.24) is 19.7 Å². The van der Waals surface area contributed by atoms with Crippen LogP contribution in [0.3, 0.4) is 0 Å². The number of hydrogen-bond donors (Lipinski definition) is 2. The van der Waals surface area contributed by atoms with Crippen molar-refractivity contribution in [3.05, 3.63) is 54.2 Å². The van der Waals surface area contributed by atoms with Crippen LogP contribution in [0.4, 0.5) is 11.6 Å². The largest absolute Gasteiger partial charge is 0.475 e. The Labute approximate surface area is 214 Å². The molecule has 2 aliphatic rings. The zero-order valence-corrected chi connectivity index (χ0v) is 20.9. The lowest BCUT2D eigenvalue weighted by Gasteiger charge is -2.30. The third-order valence-corrected chi connectivity index (χ3v) is 7.67. The topological polar surface area (TPSA) is 140 Å². The number of piperidine rings is 1. The SMILES string of the molecule is CC(C)Oc1ccc(-c2ccc(C(=O)NS(=O)(=O)c3cccc(N)n3)c(N3C[C@H]4CC[C@H]3C4)n2)cn1.[HH].[HH].[HH]. The molecule has 0 spiro atoms. The highest BCUT2D eigenvalue weighted by atomic mass is 32.2. The molecule has 0 unspecified atom stereocenters.